The molecule has 0 spiro atoms. The van der Waals surface area contributed by atoms with Gasteiger partial charge in [-0.05, 0) is 30.7 Å². The average Bonchev–Trinajstić information content (AvgIpc) is 2.19. The quantitative estimate of drug-likeness (QED) is 0.578. The van der Waals surface area contributed by atoms with Crippen LogP contribution >= 0.6 is 0 Å². The molecule has 0 radical (unpaired) electrons. The Hall–Kier alpha value is -1.64. The van der Waals surface area contributed by atoms with E-state index in [-0.39, 0.29) is 0 Å². The van der Waals surface area contributed by atoms with Gasteiger partial charge in [0.25, 0.3) is 0 Å². The molecule has 0 unspecified atom stereocenters. The van der Waals surface area contributed by atoms with Crippen LogP contribution in [0.15, 0.2) is 32.2 Å². The van der Waals surface area contributed by atoms with Gasteiger partial charge < -0.3 is 4.42 Å². The molecular formula is C9H6O3. The highest BCUT2D eigenvalue weighted by atomic mass is 16.4. The summed E-state index contributed by atoms with van der Waals surface area (Å²) in [4.78, 5) is 22.1. The van der Waals surface area contributed by atoms with E-state index < -0.39 is 11.3 Å². The molecule has 3 rings (SSSR count). The maximum absolute atomic E-state index is 11.1. The second-order valence-corrected chi connectivity index (χ2v) is 2.71. The summed E-state index contributed by atoms with van der Waals surface area (Å²) in [5.41, 5.74) is -0.344. The van der Waals surface area contributed by atoms with Crippen LogP contribution in [0.4, 0.5) is 0 Å². The number of hydrogen-bond donors (Lipinski definition) is 0. The molecule has 0 saturated carbocycles. The Bertz CT molecular complexity index is 524. The first-order valence-electron chi connectivity index (χ1n) is 3.55. The Morgan fingerprint density at radius 1 is 1.17 bits per heavy atom. The van der Waals surface area contributed by atoms with E-state index in [4.69, 9.17) is 0 Å². The first kappa shape index (κ1) is 7.03. The van der Waals surface area contributed by atoms with Crippen molar-refractivity contribution in [2.24, 2.45) is 0 Å². The fraction of sp³-hybridized carbons (Fsp3) is 0.111. The highest BCUT2D eigenvalue weighted by molar-refractivity contribution is 5.67. The number of aryl methyl sites for hydroxylation is 1. The monoisotopic (exact) mass is 162 g/mol. The van der Waals surface area contributed by atoms with Crippen molar-refractivity contribution in [1.82, 2.24) is 0 Å². The van der Waals surface area contributed by atoms with Crippen LogP contribution in [0.25, 0.3) is 10.8 Å². The molecule has 1 aromatic carbocycles. The van der Waals surface area contributed by atoms with Gasteiger partial charge in [0.1, 0.15) is 0 Å². The Kier molecular flexibility index (Phi) is 1.27. The predicted octanol–water partition coefficient (Wildman–Crippen LogP) is 0.899. The molecule has 2 heterocycles. The normalized spacial score (nSPS) is 10.8. The molecular weight excluding hydrogens is 156 g/mol. The second kappa shape index (κ2) is 2.17. The molecule has 0 aliphatic rings. The molecule has 2 aromatic heterocycles. The molecule has 3 nitrogen and oxygen atoms in total. The minimum atomic E-state index is -0.567. The van der Waals surface area contributed by atoms with Gasteiger partial charge in [0.2, 0.25) is 0 Å². The van der Waals surface area contributed by atoms with Crippen LogP contribution in [0.3, 0.4) is 0 Å². The fourth-order valence-corrected chi connectivity index (χ4v) is 1.22. The first-order chi connectivity index (χ1) is 5.68. The number of hydrogen-bond acceptors (Lipinski definition) is 3. The van der Waals surface area contributed by atoms with E-state index in [1.165, 1.54) is 0 Å². The Labute approximate surface area is 67.6 Å². The summed E-state index contributed by atoms with van der Waals surface area (Å²) in [6.07, 6.45) is 0. The molecule has 0 N–H and O–H groups in total. The summed E-state index contributed by atoms with van der Waals surface area (Å²) < 4.78 is 4.50. The van der Waals surface area contributed by atoms with Crippen molar-refractivity contribution in [2.75, 3.05) is 0 Å². The van der Waals surface area contributed by atoms with E-state index in [2.05, 4.69) is 4.42 Å². The predicted molar refractivity (Wildman–Crippen MR) is 44.7 cm³/mol. The highest BCUT2D eigenvalue weighted by Gasteiger charge is 2.03. The molecule has 0 aliphatic heterocycles. The van der Waals surface area contributed by atoms with Gasteiger partial charge in [0.05, 0.1) is 10.8 Å². The van der Waals surface area contributed by atoms with Gasteiger partial charge >= 0.3 is 11.3 Å². The lowest BCUT2D eigenvalue weighted by Crippen LogP contribution is -2.02. The molecule has 0 fully saturated rings. The third-order valence-corrected chi connectivity index (χ3v) is 1.87. The molecule has 0 amide bonds. The van der Waals surface area contributed by atoms with Crippen molar-refractivity contribution >= 4 is 10.8 Å². The van der Waals surface area contributed by atoms with Crippen molar-refractivity contribution in [3.63, 3.8) is 0 Å². The lowest BCUT2D eigenvalue weighted by atomic mass is 10.1. The summed E-state index contributed by atoms with van der Waals surface area (Å²) in [6.45, 7) is 1.78. The minimum absolute atomic E-state index is 0.433. The van der Waals surface area contributed by atoms with Crippen molar-refractivity contribution in [2.45, 2.75) is 6.92 Å². The Morgan fingerprint density at radius 2 is 1.92 bits per heavy atom. The highest BCUT2D eigenvalue weighted by Crippen LogP contribution is 2.07. The third kappa shape index (κ3) is 0.830. The largest absolute Gasteiger partial charge is 0.386 e. The summed E-state index contributed by atoms with van der Waals surface area (Å²) in [6, 6.07) is 4.86. The zero-order chi connectivity index (χ0) is 8.72. The fourth-order valence-electron chi connectivity index (χ4n) is 1.22. The summed E-state index contributed by atoms with van der Waals surface area (Å²) in [5.74, 6) is 0. The van der Waals surface area contributed by atoms with Crippen molar-refractivity contribution < 1.29 is 4.42 Å². The van der Waals surface area contributed by atoms with Gasteiger partial charge in [-0.25, -0.2) is 9.59 Å². The van der Waals surface area contributed by atoms with E-state index in [9.17, 15) is 9.59 Å². The van der Waals surface area contributed by atoms with Crippen LogP contribution in [0.5, 0.6) is 0 Å². The second-order valence-electron chi connectivity index (χ2n) is 2.71. The van der Waals surface area contributed by atoms with Crippen LogP contribution in [0, 0.1) is 6.92 Å². The van der Waals surface area contributed by atoms with Crippen LogP contribution in [0.1, 0.15) is 5.56 Å². The number of benzene rings is 1. The maximum Gasteiger partial charge on any atom is 0.346 e. The van der Waals surface area contributed by atoms with Gasteiger partial charge in [-0.2, -0.15) is 0 Å². The molecule has 0 saturated heterocycles. The third-order valence-electron chi connectivity index (χ3n) is 1.87. The summed E-state index contributed by atoms with van der Waals surface area (Å²) in [5, 5.41) is 0.895. The van der Waals surface area contributed by atoms with E-state index >= 15 is 0 Å². The number of fused-ring (bicyclic) bond motifs is 4. The molecule has 3 aromatic rings. The van der Waals surface area contributed by atoms with Crippen LogP contribution in [0.2, 0.25) is 0 Å². The molecule has 0 atom stereocenters. The van der Waals surface area contributed by atoms with Gasteiger partial charge in [-0.15, -0.1) is 0 Å². The van der Waals surface area contributed by atoms with E-state index in [0.29, 0.717) is 10.8 Å². The van der Waals surface area contributed by atoms with Crippen LogP contribution < -0.4 is 11.3 Å². The zero-order valence-corrected chi connectivity index (χ0v) is 6.46. The molecule has 2 bridgehead atoms. The van der Waals surface area contributed by atoms with E-state index in [1.807, 2.05) is 0 Å². The lowest BCUT2D eigenvalue weighted by molar-refractivity contribution is 0.492. The van der Waals surface area contributed by atoms with Crippen LogP contribution in [-0.4, -0.2) is 0 Å². The summed E-state index contributed by atoms with van der Waals surface area (Å²) >= 11 is 0. The minimum Gasteiger partial charge on any atom is -0.386 e. The first-order valence-corrected chi connectivity index (χ1v) is 3.55. The van der Waals surface area contributed by atoms with Crippen molar-refractivity contribution in [3.8, 4) is 0 Å². The standard InChI is InChI=1S/C9H6O3/c1-5-4-6-2-3-7(5)9(11)12-8(6)10/h2-4H,1H3. The van der Waals surface area contributed by atoms with E-state index in [0.717, 1.165) is 5.56 Å². The molecule has 12 heavy (non-hydrogen) atoms. The Balaban J connectivity index is 3.26. The zero-order valence-electron chi connectivity index (χ0n) is 6.46. The molecule has 0 aliphatic carbocycles. The van der Waals surface area contributed by atoms with Gasteiger partial charge in [-0.1, -0.05) is 0 Å². The lowest BCUT2D eigenvalue weighted by Gasteiger charge is -1.88. The van der Waals surface area contributed by atoms with Gasteiger partial charge in [0, 0.05) is 0 Å². The molecule has 3 heteroatoms. The number of rotatable bonds is 0. The smallest absolute Gasteiger partial charge is 0.346 e. The van der Waals surface area contributed by atoms with Crippen molar-refractivity contribution in [1.29, 1.82) is 0 Å². The Morgan fingerprint density at radius 3 is 2.58 bits per heavy atom. The van der Waals surface area contributed by atoms with Gasteiger partial charge in [-0.3, -0.25) is 0 Å². The topological polar surface area (TPSA) is 47.3 Å². The average molecular weight is 162 g/mol. The van der Waals surface area contributed by atoms with Crippen LogP contribution in [-0.2, 0) is 0 Å². The van der Waals surface area contributed by atoms with E-state index in [1.54, 1.807) is 25.1 Å². The molecule has 60 valence electrons. The summed E-state index contributed by atoms with van der Waals surface area (Å²) in [7, 11) is 0. The maximum atomic E-state index is 11.1. The van der Waals surface area contributed by atoms with Gasteiger partial charge in [0.15, 0.2) is 0 Å². The SMILES string of the molecule is Cc1cc2ccc1c(=O)oc2=O. The van der Waals surface area contributed by atoms with Crippen molar-refractivity contribution in [3.05, 3.63) is 44.6 Å².